The number of aryl methyl sites for hydroxylation is 1. The minimum atomic E-state index is -4.50. The Hall–Kier alpha value is -2.03. The summed E-state index contributed by atoms with van der Waals surface area (Å²) in [5.74, 6) is -0.945. The van der Waals surface area contributed by atoms with E-state index in [9.17, 15) is 17.8 Å². The first kappa shape index (κ1) is 16.3. The molecule has 2 aromatic rings. The molecule has 0 bridgehead atoms. The Morgan fingerprint density at radius 2 is 2.05 bits per heavy atom. The van der Waals surface area contributed by atoms with Gasteiger partial charge in [-0.2, -0.15) is 8.42 Å². The predicted octanol–water partition coefficient (Wildman–Crippen LogP) is 2.94. The third kappa shape index (κ3) is 3.41. The smallest absolute Gasteiger partial charge is 0.337 e. The van der Waals surface area contributed by atoms with Gasteiger partial charge >= 0.3 is 5.97 Å². The van der Waals surface area contributed by atoms with Crippen molar-refractivity contribution in [3.8, 4) is 0 Å². The molecule has 0 aliphatic carbocycles. The normalized spacial score (nSPS) is 12.9. The summed E-state index contributed by atoms with van der Waals surface area (Å²) in [5, 5.41) is 10.1. The fourth-order valence-electron chi connectivity index (χ4n) is 1.91. The van der Waals surface area contributed by atoms with E-state index in [-0.39, 0.29) is 21.8 Å². The lowest BCUT2D eigenvalue weighted by Gasteiger charge is -2.17. The molecule has 0 saturated carbocycles. The summed E-state index contributed by atoms with van der Waals surface area (Å²) in [7, 11) is -4.50. The second kappa shape index (κ2) is 5.99. The maximum Gasteiger partial charge on any atom is 0.337 e. The molecule has 3 N–H and O–H groups in total. The molecule has 0 saturated heterocycles. The number of rotatable bonds is 5. The highest BCUT2D eigenvalue weighted by Gasteiger charge is 2.28. The average Bonchev–Trinajstić information content (AvgIpc) is 2.82. The van der Waals surface area contributed by atoms with Gasteiger partial charge in [-0.3, -0.25) is 4.55 Å². The van der Waals surface area contributed by atoms with E-state index < -0.39 is 21.5 Å². The van der Waals surface area contributed by atoms with Crippen LogP contribution >= 0.6 is 11.6 Å². The van der Waals surface area contributed by atoms with Gasteiger partial charge in [-0.15, -0.1) is 0 Å². The second-order valence-corrected chi connectivity index (χ2v) is 6.38. The zero-order valence-corrected chi connectivity index (χ0v) is 12.9. The summed E-state index contributed by atoms with van der Waals surface area (Å²) >= 11 is 5.75. The third-order valence-corrected chi connectivity index (χ3v) is 4.27. The summed E-state index contributed by atoms with van der Waals surface area (Å²) in [4.78, 5) is 11.0. The van der Waals surface area contributed by atoms with Crippen LogP contribution in [0.3, 0.4) is 0 Å². The molecule has 0 radical (unpaired) electrons. The van der Waals surface area contributed by atoms with Gasteiger partial charge in [0.15, 0.2) is 5.37 Å². The lowest BCUT2D eigenvalue weighted by atomic mass is 10.2. The van der Waals surface area contributed by atoms with Crippen molar-refractivity contribution >= 4 is 33.4 Å². The van der Waals surface area contributed by atoms with Crippen LogP contribution in [-0.2, 0) is 10.1 Å². The highest BCUT2D eigenvalue weighted by molar-refractivity contribution is 7.86. The number of hydrogen-bond donors (Lipinski definition) is 3. The largest absolute Gasteiger partial charge is 0.478 e. The van der Waals surface area contributed by atoms with Crippen LogP contribution in [0.2, 0.25) is 5.02 Å². The Labute approximate surface area is 131 Å². The molecule has 9 heteroatoms. The number of nitrogens with one attached hydrogen (secondary N) is 1. The molecule has 1 aromatic heterocycles. The maximum absolute atomic E-state index is 11.6. The van der Waals surface area contributed by atoms with Crippen LogP contribution in [0, 0.1) is 6.92 Å². The number of carbonyl (C=O) groups is 1. The van der Waals surface area contributed by atoms with Gasteiger partial charge in [0.1, 0.15) is 5.76 Å². The molecule has 0 amide bonds. The molecule has 1 unspecified atom stereocenters. The van der Waals surface area contributed by atoms with E-state index in [1.54, 1.807) is 6.92 Å². The van der Waals surface area contributed by atoms with Gasteiger partial charge in [-0.1, -0.05) is 11.6 Å². The molecule has 1 atom stereocenters. The number of halogens is 1. The van der Waals surface area contributed by atoms with E-state index in [4.69, 9.17) is 21.1 Å². The maximum atomic E-state index is 11.6. The molecule has 7 nitrogen and oxygen atoms in total. The van der Waals surface area contributed by atoms with Gasteiger partial charge < -0.3 is 14.8 Å². The molecule has 22 heavy (non-hydrogen) atoms. The lowest BCUT2D eigenvalue weighted by molar-refractivity contribution is 0.0697. The van der Waals surface area contributed by atoms with Gasteiger partial charge in [-0.05, 0) is 31.2 Å². The van der Waals surface area contributed by atoms with E-state index in [0.717, 1.165) is 0 Å². The van der Waals surface area contributed by atoms with Crippen LogP contribution in [0.15, 0.2) is 34.9 Å². The Bertz CT molecular complexity index is 814. The molecule has 118 valence electrons. The van der Waals surface area contributed by atoms with Gasteiger partial charge in [0.2, 0.25) is 0 Å². The fourth-order valence-corrected chi connectivity index (χ4v) is 2.96. The van der Waals surface area contributed by atoms with Crippen LogP contribution in [0.5, 0.6) is 0 Å². The summed E-state index contributed by atoms with van der Waals surface area (Å²) < 4.78 is 37.6. The van der Waals surface area contributed by atoms with Crippen molar-refractivity contribution in [1.29, 1.82) is 0 Å². The molecule has 0 fully saturated rings. The third-order valence-electron chi connectivity index (χ3n) is 2.97. The van der Waals surface area contributed by atoms with Crippen molar-refractivity contribution < 1.29 is 27.3 Å². The molecule has 0 aliphatic heterocycles. The topological polar surface area (TPSA) is 117 Å². The minimum Gasteiger partial charge on any atom is -0.478 e. The van der Waals surface area contributed by atoms with Crippen molar-refractivity contribution in [3.63, 3.8) is 0 Å². The number of aromatic carboxylic acids is 1. The first-order valence-electron chi connectivity index (χ1n) is 6.00. The van der Waals surface area contributed by atoms with E-state index in [1.165, 1.54) is 30.5 Å². The van der Waals surface area contributed by atoms with Crippen LogP contribution in [0.25, 0.3) is 0 Å². The van der Waals surface area contributed by atoms with E-state index >= 15 is 0 Å². The Kier molecular flexibility index (Phi) is 4.45. The Morgan fingerprint density at radius 1 is 1.36 bits per heavy atom. The number of furan rings is 1. The Balaban J connectivity index is 2.43. The number of carboxylic acid groups (broad SMARTS) is 1. The summed E-state index contributed by atoms with van der Waals surface area (Å²) in [6, 6.07) is 5.30. The molecular weight excluding hydrogens is 334 g/mol. The Morgan fingerprint density at radius 3 is 2.55 bits per heavy atom. The van der Waals surface area contributed by atoms with Crippen molar-refractivity contribution in [2.24, 2.45) is 0 Å². The van der Waals surface area contributed by atoms with Crippen LogP contribution in [0.4, 0.5) is 5.69 Å². The molecule has 0 spiro atoms. The molecule has 0 aliphatic rings. The van der Waals surface area contributed by atoms with E-state index in [0.29, 0.717) is 5.76 Å². The first-order valence-corrected chi connectivity index (χ1v) is 7.88. The van der Waals surface area contributed by atoms with E-state index in [2.05, 4.69) is 5.32 Å². The molecule has 2 rings (SSSR count). The molecule has 1 heterocycles. The van der Waals surface area contributed by atoms with Crippen molar-refractivity contribution in [2.75, 3.05) is 5.32 Å². The van der Waals surface area contributed by atoms with Crippen molar-refractivity contribution in [1.82, 2.24) is 0 Å². The molecular formula is C13H12ClNO6S. The number of benzene rings is 1. The fraction of sp³-hybridized carbons (Fsp3) is 0.154. The van der Waals surface area contributed by atoms with Crippen molar-refractivity contribution in [3.05, 3.63) is 52.4 Å². The second-order valence-electron chi connectivity index (χ2n) is 4.47. The van der Waals surface area contributed by atoms with Crippen LogP contribution in [-0.4, -0.2) is 24.0 Å². The van der Waals surface area contributed by atoms with Crippen molar-refractivity contribution in [2.45, 2.75) is 12.3 Å². The predicted molar refractivity (Wildman–Crippen MR) is 79.8 cm³/mol. The minimum absolute atomic E-state index is 0.0148. The van der Waals surface area contributed by atoms with Gasteiger partial charge in [0.25, 0.3) is 10.1 Å². The zero-order chi connectivity index (χ0) is 16.5. The highest BCUT2D eigenvalue weighted by atomic mass is 35.5. The van der Waals surface area contributed by atoms with Gasteiger partial charge in [-0.25, -0.2) is 4.79 Å². The highest BCUT2D eigenvalue weighted by Crippen LogP contribution is 2.29. The number of hydrogen-bond acceptors (Lipinski definition) is 5. The summed E-state index contributed by atoms with van der Waals surface area (Å²) in [5.41, 5.74) is 0.198. The summed E-state index contributed by atoms with van der Waals surface area (Å²) in [6.45, 7) is 1.54. The lowest BCUT2D eigenvalue weighted by Crippen LogP contribution is -2.21. The average molecular weight is 346 g/mol. The zero-order valence-electron chi connectivity index (χ0n) is 11.3. The standard InChI is InChI=1S/C13H12ClNO6S/c1-7-9(4-5-21-7)12(22(18,19)20)15-8-2-3-11(14)10(6-8)13(16)17/h2-6,12,15H,1H3,(H,16,17)(H,18,19,20). The number of carboxylic acids is 1. The molecule has 1 aromatic carbocycles. The summed E-state index contributed by atoms with van der Waals surface area (Å²) in [6.07, 6.45) is 1.29. The quantitative estimate of drug-likeness (QED) is 0.713. The SMILES string of the molecule is Cc1occc1C(Nc1ccc(Cl)c(C(=O)O)c1)S(=O)(=O)O. The van der Waals surface area contributed by atoms with Crippen LogP contribution in [0.1, 0.15) is 27.1 Å². The monoisotopic (exact) mass is 345 g/mol. The van der Waals surface area contributed by atoms with Crippen LogP contribution < -0.4 is 5.32 Å². The van der Waals surface area contributed by atoms with E-state index in [1.807, 2.05) is 0 Å². The van der Waals surface area contributed by atoms with Gasteiger partial charge in [0.05, 0.1) is 16.8 Å². The van der Waals surface area contributed by atoms with Gasteiger partial charge in [0, 0.05) is 11.3 Å². The first-order chi connectivity index (χ1) is 10.2. The number of anilines is 1.